The average Bonchev–Trinajstić information content (AvgIpc) is 2.56. The van der Waals surface area contributed by atoms with Gasteiger partial charge in [0.15, 0.2) is 0 Å². The fraction of sp³-hybridized carbons (Fsp3) is 0.562. The molecule has 0 aliphatic carbocycles. The smallest absolute Gasteiger partial charge is 0.243 e. The van der Waals surface area contributed by atoms with E-state index in [9.17, 15) is 13.2 Å². The molecule has 1 aliphatic rings. The summed E-state index contributed by atoms with van der Waals surface area (Å²) in [5.74, 6) is 0.297. The van der Waals surface area contributed by atoms with Crippen LogP contribution in [0.1, 0.15) is 26.7 Å². The number of carbonyl (C=O) groups is 1. The van der Waals surface area contributed by atoms with Crippen molar-refractivity contribution in [2.24, 2.45) is 5.92 Å². The van der Waals surface area contributed by atoms with Crippen LogP contribution in [0, 0.1) is 5.92 Å². The molecule has 1 heterocycles. The van der Waals surface area contributed by atoms with E-state index in [1.807, 2.05) is 13.8 Å². The molecule has 0 saturated carbocycles. The number of carbonyl (C=O) groups excluding carboxylic acids is 1. The number of benzene rings is 1. The van der Waals surface area contributed by atoms with Crippen molar-refractivity contribution in [2.75, 3.05) is 26.2 Å². The third-order valence-electron chi connectivity index (χ3n) is 3.88. The maximum atomic E-state index is 12.7. The zero-order valence-corrected chi connectivity index (χ0v) is 14.4. The van der Waals surface area contributed by atoms with E-state index in [1.165, 1.54) is 4.31 Å². The number of nitrogens with one attached hydrogen (secondary N) is 1. The van der Waals surface area contributed by atoms with Crippen LogP contribution in [0.4, 0.5) is 0 Å². The minimum absolute atomic E-state index is 0.0703. The van der Waals surface area contributed by atoms with E-state index in [-0.39, 0.29) is 23.3 Å². The minimum atomic E-state index is -3.58. The molecular weight excluding hydrogens is 316 g/mol. The van der Waals surface area contributed by atoms with Crippen molar-refractivity contribution in [1.82, 2.24) is 9.62 Å². The molecule has 23 heavy (non-hydrogen) atoms. The molecule has 0 aromatic heterocycles. The second-order valence-corrected chi connectivity index (χ2v) is 7.44. The number of sulfonamides is 1. The molecular formula is C16H24N2O4S. The van der Waals surface area contributed by atoms with E-state index < -0.39 is 10.0 Å². The van der Waals surface area contributed by atoms with Crippen molar-refractivity contribution < 1.29 is 17.9 Å². The first-order chi connectivity index (χ1) is 11.0. The molecule has 1 unspecified atom stereocenters. The number of amides is 1. The van der Waals surface area contributed by atoms with Crippen LogP contribution in [0.2, 0.25) is 0 Å². The summed E-state index contributed by atoms with van der Waals surface area (Å²) in [6.07, 6.45) is 1.42. The second kappa shape index (κ2) is 7.79. The van der Waals surface area contributed by atoms with E-state index in [2.05, 4.69) is 5.32 Å². The molecule has 1 amide bonds. The van der Waals surface area contributed by atoms with Gasteiger partial charge in [0.05, 0.1) is 17.4 Å². The van der Waals surface area contributed by atoms with Gasteiger partial charge < -0.3 is 10.1 Å². The Morgan fingerprint density at radius 1 is 1.30 bits per heavy atom. The van der Waals surface area contributed by atoms with Gasteiger partial charge in [0.2, 0.25) is 15.9 Å². The Morgan fingerprint density at radius 2 is 2.00 bits per heavy atom. The summed E-state index contributed by atoms with van der Waals surface area (Å²) >= 11 is 0. The first kappa shape index (κ1) is 17.7. The van der Waals surface area contributed by atoms with Crippen molar-refractivity contribution >= 4 is 15.9 Å². The summed E-state index contributed by atoms with van der Waals surface area (Å²) in [4.78, 5) is 12.2. The summed E-state index contributed by atoms with van der Waals surface area (Å²) in [6, 6.07) is 6.41. The average molecular weight is 340 g/mol. The van der Waals surface area contributed by atoms with Crippen LogP contribution in [0.25, 0.3) is 0 Å². The van der Waals surface area contributed by atoms with E-state index in [4.69, 9.17) is 4.74 Å². The highest BCUT2D eigenvalue weighted by molar-refractivity contribution is 7.89. The normalized spacial score (nSPS) is 19.3. The standard InChI is InChI=1S/C16H24N2O4S/c1-3-17-16(19)13-6-5-11-18(12-13)23(20,21)15-9-7-14(8-10-15)22-4-2/h7-10,13H,3-6,11-12H2,1-2H3,(H,17,19). The summed E-state index contributed by atoms with van der Waals surface area (Å²) in [5.41, 5.74) is 0. The SMILES string of the molecule is CCNC(=O)C1CCCN(S(=O)(=O)c2ccc(OCC)cc2)C1. The summed E-state index contributed by atoms with van der Waals surface area (Å²) < 4.78 is 32.2. The predicted octanol–water partition coefficient (Wildman–Crippen LogP) is 1.62. The molecule has 0 spiro atoms. The molecule has 6 nitrogen and oxygen atoms in total. The van der Waals surface area contributed by atoms with Crippen molar-refractivity contribution in [3.63, 3.8) is 0 Å². The van der Waals surface area contributed by atoms with Gasteiger partial charge in [0.25, 0.3) is 0 Å². The van der Waals surface area contributed by atoms with Gasteiger partial charge in [-0.25, -0.2) is 8.42 Å². The van der Waals surface area contributed by atoms with Gasteiger partial charge in [-0.1, -0.05) is 0 Å². The second-order valence-electron chi connectivity index (χ2n) is 5.50. The fourth-order valence-electron chi connectivity index (χ4n) is 2.72. The molecule has 0 radical (unpaired) electrons. The largest absolute Gasteiger partial charge is 0.494 e. The molecule has 2 rings (SSSR count). The summed E-state index contributed by atoms with van der Waals surface area (Å²) in [7, 11) is -3.58. The molecule has 1 aromatic rings. The lowest BCUT2D eigenvalue weighted by atomic mass is 9.99. The molecule has 1 saturated heterocycles. The maximum Gasteiger partial charge on any atom is 0.243 e. The zero-order chi connectivity index (χ0) is 16.9. The van der Waals surface area contributed by atoms with E-state index >= 15 is 0 Å². The van der Waals surface area contributed by atoms with Crippen LogP contribution < -0.4 is 10.1 Å². The molecule has 1 N–H and O–H groups in total. The Kier molecular flexibility index (Phi) is 6.01. The Balaban J connectivity index is 2.13. The molecule has 1 fully saturated rings. The lowest BCUT2D eigenvalue weighted by Crippen LogP contribution is -2.45. The Hall–Kier alpha value is -1.60. The number of ether oxygens (including phenoxy) is 1. The third-order valence-corrected chi connectivity index (χ3v) is 5.76. The zero-order valence-electron chi connectivity index (χ0n) is 13.6. The van der Waals surface area contributed by atoms with Gasteiger partial charge in [-0.15, -0.1) is 0 Å². The molecule has 0 bridgehead atoms. The number of hydrogen-bond donors (Lipinski definition) is 1. The Labute approximate surface area is 137 Å². The summed E-state index contributed by atoms with van der Waals surface area (Å²) in [5, 5.41) is 2.77. The number of piperidine rings is 1. The summed E-state index contributed by atoms with van der Waals surface area (Å²) in [6.45, 7) is 5.51. The topological polar surface area (TPSA) is 75.7 Å². The van der Waals surface area contributed by atoms with Crippen LogP contribution >= 0.6 is 0 Å². The van der Waals surface area contributed by atoms with Crippen LogP contribution in [0.15, 0.2) is 29.2 Å². The van der Waals surface area contributed by atoms with E-state index in [1.54, 1.807) is 24.3 Å². The highest BCUT2D eigenvalue weighted by Gasteiger charge is 2.33. The number of nitrogens with zero attached hydrogens (tertiary/aromatic N) is 1. The predicted molar refractivity (Wildman–Crippen MR) is 87.8 cm³/mol. The fourth-order valence-corrected chi connectivity index (χ4v) is 4.24. The molecule has 7 heteroatoms. The number of rotatable bonds is 6. The lowest BCUT2D eigenvalue weighted by Gasteiger charge is -2.31. The van der Waals surface area contributed by atoms with Crippen LogP contribution in [0.5, 0.6) is 5.75 Å². The van der Waals surface area contributed by atoms with Crippen LogP contribution in [-0.2, 0) is 14.8 Å². The van der Waals surface area contributed by atoms with Gasteiger partial charge in [-0.05, 0) is 51.0 Å². The first-order valence-electron chi connectivity index (χ1n) is 7.99. The van der Waals surface area contributed by atoms with Gasteiger partial charge in [0.1, 0.15) is 5.75 Å². The highest BCUT2D eigenvalue weighted by Crippen LogP contribution is 2.25. The maximum absolute atomic E-state index is 12.7. The van der Waals surface area contributed by atoms with E-state index in [0.29, 0.717) is 31.9 Å². The van der Waals surface area contributed by atoms with E-state index in [0.717, 1.165) is 6.42 Å². The van der Waals surface area contributed by atoms with Crippen molar-refractivity contribution in [2.45, 2.75) is 31.6 Å². The number of hydrogen-bond acceptors (Lipinski definition) is 4. The monoisotopic (exact) mass is 340 g/mol. The molecule has 1 aromatic carbocycles. The first-order valence-corrected chi connectivity index (χ1v) is 9.43. The highest BCUT2D eigenvalue weighted by atomic mass is 32.2. The Bertz CT molecular complexity index is 628. The van der Waals surface area contributed by atoms with Crippen molar-refractivity contribution in [3.05, 3.63) is 24.3 Å². The quantitative estimate of drug-likeness (QED) is 0.854. The molecule has 1 atom stereocenters. The van der Waals surface area contributed by atoms with Crippen molar-refractivity contribution in [3.8, 4) is 5.75 Å². The van der Waals surface area contributed by atoms with Crippen LogP contribution in [-0.4, -0.2) is 44.9 Å². The van der Waals surface area contributed by atoms with Gasteiger partial charge in [-0.2, -0.15) is 4.31 Å². The molecule has 1 aliphatic heterocycles. The minimum Gasteiger partial charge on any atom is -0.494 e. The third kappa shape index (κ3) is 4.23. The Morgan fingerprint density at radius 3 is 2.61 bits per heavy atom. The van der Waals surface area contributed by atoms with Crippen molar-refractivity contribution in [1.29, 1.82) is 0 Å². The molecule has 128 valence electrons. The van der Waals surface area contributed by atoms with Gasteiger partial charge >= 0.3 is 0 Å². The van der Waals surface area contributed by atoms with Crippen LogP contribution in [0.3, 0.4) is 0 Å². The van der Waals surface area contributed by atoms with Gasteiger partial charge in [-0.3, -0.25) is 4.79 Å². The van der Waals surface area contributed by atoms with Gasteiger partial charge in [0, 0.05) is 19.6 Å². The lowest BCUT2D eigenvalue weighted by molar-refractivity contribution is -0.125.